The molecule has 1 saturated heterocycles. The summed E-state index contributed by atoms with van der Waals surface area (Å²) >= 11 is 0. The van der Waals surface area contributed by atoms with Gasteiger partial charge in [-0.1, -0.05) is 26.3 Å². The van der Waals surface area contributed by atoms with Gasteiger partial charge in [0.25, 0.3) is 0 Å². The first-order chi connectivity index (χ1) is 14.1. The van der Waals surface area contributed by atoms with Crippen LogP contribution in [0.15, 0.2) is 11.6 Å². The summed E-state index contributed by atoms with van der Waals surface area (Å²) in [7, 11) is 0. The molecule has 5 aliphatic rings. The van der Waals surface area contributed by atoms with Crippen molar-refractivity contribution in [2.45, 2.75) is 110 Å². The smallest absolute Gasteiger partial charge is 0.155 e. The van der Waals surface area contributed by atoms with Crippen molar-refractivity contribution in [3.8, 4) is 0 Å². The summed E-state index contributed by atoms with van der Waals surface area (Å²) in [4.78, 5) is 12.1. The quantitative estimate of drug-likeness (QED) is 0.600. The lowest BCUT2D eigenvalue weighted by molar-refractivity contribution is -0.124. The van der Waals surface area contributed by atoms with Crippen LogP contribution in [-0.4, -0.2) is 28.7 Å². The van der Waals surface area contributed by atoms with E-state index < -0.39 is 0 Å². The molecule has 0 aromatic carbocycles. The highest BCUT2D eigenvalue weighted by molar-refractivity contribution is 5.91. The van der Waals surface area contributed by atoms with E-state index >= 15 is 0 Å². The molecule has 1 aliphatic heterocycles. The summed E-state index contributed by atoms with van der Waals surface area (Å²) in [6.07, 6.45) is 12.1. The van der Waals surface area contributed by atoms with Crippen LogP contribution in [0.4, 0.5) is 0 Å². The zero-order valence-electron chi connectivity index (χ0n) is 19.7. The molecule has 1 heterocycles. The summed E-state index contributed by atoms with van der Waals surface area (Å²) in [5, 5.41) is 11.3. The van der Waals surface area contributed by atoms with E-state index in [-0.39, 0.29) is 22.9 Å². The van der Waals surface area contributed by atoms with Gasteiger partial charge in [-0.2, -0.15) is 0 Å². The summed E-state index contributed by atoms with van der Waals surface area (Å²) in [6.45, 7) is 11.9. The topological polar surface area (TPSA) is 49.8 Å². The van der Waals surface area contributed by atoms with E-state index in [4.69, 9.17) is 4.74 Å². The molecule has 3 saturated carbocycles. The Balaban J connectivity index is 1.34. The van der Waals surface area contributed by atoms with Crippen LogP contribution < -0.4 is 0 Å². The van der Waals surface area contributed by atoms with E-state index in [0.717, 1.165) is 24.7 Å². The van der Waals surface area contributed by atoms with Gasteiger partial charge in [0.2, 0.25) is 0 Å². The Labute approximate surface area is 183 Å². The minimum absolute atomic E-state index is 0.105. The zero-order valence-corrected chi connectivity index (χ0v) is 19.7. The Morgan fingerprint density at radius 3 is 2.57 bits per heavy atom. The molecular weight excluding hydrogens is 372 g/mol. The van der Waals surface area contributed by atoms with Crippen molar-refractivity contribution in [3.05, 3.63) is 11.6 Å². The van der Waals surface area contributed by atoms with Gasteiger partial charge in [-0.15, -0.1) is 0 Å². The number of hydrogen-bond acceptors (Lipinski definition) is 3. The average molecular weight is 415 g/mol. The SMILES string of the molecule is C[C@H](CCC1OC1(C)C)[C@H]1CC[C@H]2[C@@H]3C(O)CC4=CC(=O)CC[C@]4(C)[C@H]3CC[C@]12C. The number of hydrogen-bond donors (Lipinski definition) is 1. The molecule has 4 aliphatic carbocycles. The lowest BCUT2D eigenvalue weighted by atomic mass is 9.45. The standard InChI is InChI=1S/C27H42O3/c1-16(6-9-23-25(2,3)30-23)19-7-8-20-24-21(11-13-27(19,20)5)26(4)12-10-18(28)14-17(26)15-22(24)29/h14,16,19-24,29H,6-13,15H2,1-5H3/t16-,19-,20+,21+,22?,23?,24+,26+,27-/m1/s1. The minimum atomic E-state index is -0.264. The molecule has 0 radical (unpaired) electrons. The maximum absolute atomic E-state index is 12.1. The molecular formula is C27H42O3. The van der Waals surface area contributed by atoms with Crippen LogP contribution in [0.1, 0.15) is 92.4 Å². The van der Waals surface area contributed by atoms with Crippen molar-refractivity contribution >= 4 is 5.78 Å². The predicted molar refractivity (Wildman–Crippen MR) is 119 cm³/mol. The highest BCUT2D eigenvalue weighted by Crippen LogP contribution is 2.67. The van der Waals surface area contributed by atoms with Crippen LogP contribution in [0, 0.1) is 40.4 Å². The van der Waals surface area contributed by atoms with Gasteiger partial charge in [0.1, 0.15) is 0 Å². The Kier molecular flexibility index (Phi) is 4.88. The van der Waals surface area contributed by atoms with Gasteiger partial charge in [0.05, 0.1) is 17.8 Å². The van der Waals surface area contributed by atoms with Gasteiger partial charge in [-0.25, -0.2) is 0 Å². The number of epoxide rings is 1. The molecule has 0 aromatic rings. The van der Waals surface area contributed by atoms with Crippen molar-refractivity contribution in [1.29, 1.82) is 0 Å². The molecule has 4 fully saturated rings. The second-order valence-electron chi connectivity index (χ2n) is 12.6. The van der Waals surface area contributed by atoms with Crippen molar-refractivity contribution < 1.29 is 14.6 Å². The maximum atomic E-state index is 12.1. The first-order valence-corrected chi connectivity index (χ1v) is 12.7. The summed E-state index contributed by atoms with van der Waals surface area (Å²) in [5.74, 6) is 3.39. The molecule has 0 aromatic heterocycles. The van der Waals surface area contributed by atoms with E-state index in [9.17, 15) is 9.90 Å². The fourth-order valence-electron chi connectivity index (χ4n) is 8.86. The van der Waals surface area contributed by atoms with Crippen LogP contribution in [0.3, 0.4) is 0 Å². The highest BCUT2D eigenvalue weighted by atomic mass is 16.6. The second-order valence-corrected chi connectivity index (χ2v) is 12.6. The Hall–Kier alpha value is -0.670. The lowest BCUT2D eigenvalue weighted by Gasteiger charge is -2.59. The van der Waals surface area contributed by atoms with E-state index in [0.29, 0.717) is 35.7 Å². The number of rotatable bonds is 4. The van der Waals surface area contributed by atoms with Crippen LogP contribution in [0.2, 0.25) is 0 Å². The Morgan fingerprint density at radius 2 is 1.87 bits per heavy atom. The third-order valence-electron chi connectivity index (χ3n) is 10.8. The number of fused-ring (bicyclic) bond motifs is 5. The van der Waals surface area contributed by atoms with Crippen LogP contribution in [-0.2, 0) is 9.53 Å². The molecule has 30 heavy (non-hydrogen) atoms. The average Bonchev–Trinajstić information content (AvgIpc) is 3.13. The first-order valence-electron chi connectivity index (χ1n) is 12.7. The van der Waals surface area contributed by atoms with Crippen LogP contribution in [0.5, 0.6) is 0 Å². The number of ketones is 1. The fraction of sp³-hybridized carbons (Fsp3) is 0.889. The third kappa shape index (κ3) is 3.09. The largest absolute Gasteiger partial charge is 0.392 e. The molecule has 1 N–H and O–H groups in total. The molecule has 3 heteroatoms. The zero-order chi connectivity index (χ0) is 21.5. The fourth-order valence-corrected chi connectivity index (χ4v) is 8.86. The van der Waals surface area contributed by atoms with Crippen molar-refractivity contribution in [1.82, 2.24) is 0 Å². The van der Waals surface area contributed by atoms with Gasteiger partial charge in [-0.05, 0) is 112 Å². The third-order valence-corrected chi connectivity index (χ3v) is 10.8. The van der Waals surface area contributed by atoms with Gasteiger partial charge < -0.3 is 9.84 Å². The number of ether oxygens (including phenoxy) is 1. The molecule has 168 valence electrons. The molecule has 0 amide bonds. The molecule has 5 rings (SSSR count). The summed E-state index contributed by atoms with van der Waals surface area (Å²) in [5.41, 5.74) is 1.86. The van der Waals surface area contributed by atoms with Gasteiger partial charge >= 0.3 is 0 Å². The molecule has 0 bridgehead atoms. The van der Waals surface area contributed by atoms with Crippen molar-refractivity contribution in [2.75, 3.05) is 0 Å². The predicted octanol–water partition coefficient (Wildman–Crippen LogP) is 5.70. The molecule has 9 atom stereocenters. The lowest BCUT2D eigenvalue weighted by Crippen LogP contribution is -2.55. The molecule has 2 unspecified atom stereocenters. The Morgan fingerprint density at radius 1 is 1.13 bits per heavy atom. The second kappa shape index (κ2) is 6.91. The first kappa shape index (κ1) is 21.2. The van der Waals surface area contributed by atoms with Crippen molar-refractivity contribution in [2.24, 2.45) is 40.4 Å². The highest BCUT2D eigenvalue weighted by Gasteiger charge is 2.61. The molecule has 3 nitrogen and oxygen atoms in total. The van der Waals surface area contributed by atoms with Crippen molar-refractivity contribution in [3.63, 3.8) is 0 Å². The summed E-state index contributed by atoms with van der Waals surface area (Å²) in [6, 6.07) is 0. The van der Waals surface area contributed by atoms with Gasteiger partial charge in [0.15, 0.2) is 5.78 Å². The van der Waals surface area contributed by atoms with E-state index in [2.05, 4.69) is 34.6 Å². The van der Waals surface area contributed by atoms with E-state index in [1.54, 1.807) is 0 Å². The van der Waals surface area contributed by atoms with Crippen LogP contribution >= 0.6 is 0 Å². The van der Waals surface area contributed by atoms with Gasteiger partial charge in [-0.3, -0.25) is 4.79 Å². The summed E-state index contributed by atoms with van der Waals surface area (Å²) < 4.78 is 5.84. The van der Waals surface area contributed by atoms with E-state index in [1.807, 2.05) is 6.08 Å². The maximum Gasteiger partial charge on any atom is 0.155 e. The number of aliphatic hydroxyl groups excluding tert-OH is 1. The Bertz CT molecular complexity index is 753. The minimum Gasteiger partial charge on any atom is -0.392 e. The molecule has 0 spiro atoms. The normalized spacial score (nSPS) is 50.2. The van der Waals surface area contributed by atoms with Crippen LogP contribution in [0.25, 0.3) is 0 Å². The number of carbonyl (C=O) groups excluding carboxylic acids is 1. The number of aliphatic hydroxyl groups is 1. The van der Waals surface area contributed by atoms with Gasteiger partial charge in [0, 0.05) is 6.42 Å². The monoisotopic (exact) mass is 414 g/mol. The van der Waals surface area contributed by atoms with E-state index in [1.165, 1.54) is 44.1 Å². The number of carbonyl (C=O) groups is 1.